The Labute approximate surface area is 123 Å². The molecule has 2 aromatic rings. The molecule has 0 aliphatic rings. The van der Waals surface area contributed by atoms with Crippen LogP contribution in [0.5, 0.6) is 5.75 Å². The lowest BCUT2D eigenvalue weighted by Gasteiger charge is -2.02. The molecule has 1 N–H and O–H groups in total. The van der Waals surface area contributed by atoms with Crippen LogP contribution in [0.1, 0.15) is 5.56 Å². The van der Waals surface area contributed by atoms with Crippen molar-refractivity contribution in [1.29, 1.82) is 0 Å². The maximum absolute atomic E-state index is 9.83. The zero-order valence-corrected chi connectivity index (χ0v) is 12.2. The number of rotatable bonds is 2. The first kappa shape index (κ1) is 13.4. The number of aromatic hydroxyl groups is 1. The highest BCUT2D eigenvalue weighted by Crippen LogP contribution is 2.30. The van der Waals surface area contributed by atoms with Crippen molar-refractivity contribution in [2.24, 2.45) is 4.99 Å². The Morgan fingerprint density at radius 2 is 1.72 bits per heavy atom. The average Bonchev–Trinajstić information content (AvgIpc) is 2.34. The van der Waals surface area contributed by atoms with Crippen LogP contribution in [-0.4, -0.2) is 11.3 Å². The summed E-state index contributed by atoms with van der Waals surface area (Å²) >= 11 is 14.9. The summed E-state index contributed by atoms with van der Waals surface area (Å²) in [7, 11) is 0. The van der Waals surface area contributed by atoms with E-state index in [1.807, 2.05) is 0 Å². The highest BCUT2D eigenvalue weighted by molar-refractivity contribution is 9.10. The van der Waals surface area contributed by atoms with Crippen LogP contribution in [0.4, 0.5) is 5.69 Å². The molecule has 18 heavy (non-hydrogen) atoms. The van der Waals surface area contributed by atoms with Crippen LogP contribution in [0.15, 0.2) is 45.9 Å². The van der Waals surface area contributed by atoms with Crippen LogP contribution in [-0.2, 0) is 0 Å². The molecule has 2 nitrogen and oxygen atoms in total. The SMILES string of the molecule is Oc1c(Br)cc(Cl)cc1/C=N/c1ccc(Cl)cc1. The number of phenolic OH excluding ortho intramolecular Hbond substituents is 1. The summed E-state index contributed by atoms with van der Waals surface area (Å²) < 4.78 is 0.535. The lowest BCUT2D eigenvalue weighted by Crippen LogP contribution is -1.84. The number of benzene rings is 2. The molecule has 0 heterocycles. The van der Waals surface area contributed by atoms with E-state index in [4.69, 9.17) is 23.2 Å². The molecular weight excluding hydrogens is 337 g/mol. The maximum atomic E-state index is 9.83. The molecule has 92 valence electrons. The van der Waals surface area contributed by atoms with Gasteiger partial charge in [-0.25, -0.2) is 0 Å². The molecule has 0 radical (unpaired) electrons. The Kier molecular flexibility index (Phi) is 4.27. The van der Waals surface area contributed by atoms with Gasteiger partial charge in [0.15, 0.2) is 0 Å². The molecule has 0 spiro atoms. The predicted octanol–water partition coefficient (Wildman–Crippen LogP) is 5.21. The fourth-order valence-corrected chi connectivity index (χ4v) is 2.32. The van der Waals surface area contributed by atoms with Crippen molar-refractivity contribution in [3.63, 3.8) is 0 Å². The van der Waals surface area contributed by atoms with Gasteiger partial charge in [-0.3, -0.25) is 4.99 Å². The van der Waals surface area contributed by atoms with Gasteiger partial charge in [0.2, 0.25) is 0 Å². The van der Waals surface area contributed by atoms with Gasteiger partial charge in [0.25, 0.3) is 0 Å². The van der Waals surface area contributed by atoms with Crippen LogP contribution < -0.4 is 0 Å². The van der Waals surface area contributed by atoms with Gasteiger partial charge in [-0.1, -0.05) is 23.2 Å². The van der Waals surface area contributed by atoms with E-state index in [1.54, 1.807) is 42.6 Å². The largest absolute Gasteiger partial charge is 0.506 e. The molecule has 0 bridgehead atoms. The zero-order valence-electron chi connectivity index (χ0n) is 9.07. The number of aliphatic imine (C=N–C) groups is 1. The topological polar surface area (TPSA) is 32.6 Å². The fraction of sp³-hybridized carbons (Fsp3) is 0. The van der Waals surface area contributed by atoms with Crippen molar-refractivity contribution < 1.29 is 5.11 Å². The Balaban J connectivity index is 2.31. The average molecular weight is 345 g/mol. The lowest BCUT2D eigenvalue weighted by molar-refractivity contribution is 0.471. The summed E-state index contributed by atoms with van der Waals surface area (Å²) in [6.07, 6.45) is 1.55. The predicted molar refractivity (Wildman–Crippen MR) is 79.5 cm³/mol. The minimum Gasteiger partial charge on any atom is -0.506 e. The number of hydrogen-bond acceptors (Lipinski definition) is 2. The summed E-state index contributed by atoms with van der Waals surface area (Å²) in [6.45, 7) is 0. The van der Waals surface area contributed by atoms with E-state index < -0.39 is 0 Å². The van der Waals surface area contributed by atoms with Crippen molar-refractivity contribution in [2.75, 3.05) is 0 Å². The number of nitrogens with zero attached hydrogens (tertiary/aromatic N) is 1. The van der Waals surface area contributed by atoms with E-state index in [-0.39, 0.29) is 5.75 Å². The highest BCUT2D eigenvalue weighted by Gasteiger charge is 2.05. The fourth-order valence-electron chi connectivity index (χ4n) is 1.36. The van der Waals surface area contributed by atoms with E-state index in [0.717, 1.165) is 5.69 Å². The minimum absolute atomic E-state index is 0.108. The summed E-state index contributed by atoms with van der Waals surface area (Å²) in [6, 6.07) is 10.3. The third-order valence-electron chi connectivity index (χ3n) is 2.24. The summed E-state index contributed by atoms with van der Waals surface area (Å²) in [4.78, 5) is 4.24. The summed E-state index contributed by atoms with van der Waals surface area (Å²) in [5, 5.41) is 11.0. The molecule has 0 amide bonds. The van der Waals surface area contributed by atoms with Crippen molar-refractivity contribution in [2.45, 2.75) is 0 Å². The van der Waals surface area contributed by atoms with Crippen molar-refractivity contribution in [3.05, 3.63) is 56.5 Å². The number of hydrogen-bond donors (Lipinski definition) is 1. The normalized spacial score (nSPS) is 11.1. The molecular formula is C13H8BrCl2NO. The van der Waals surface area contributed by atoms with Crippen LogP contribution in [0.3, 0.4) is 0 Å². The molecule has 0 aliphatic carbocycles. The molecule has 0 fully saturated rings. The van der Waals surface area contributed by atoms with E-state index in [2.05, 4.69) is 20.9 Å². The second kappa shape index (κ2) is 5.74. The zero-order chi connectivity index (χ0) is 13.1. The number of phenols is 1. The highest BCUT2D eigenvalue weighted by atomic mass is 79.9. The van der Waals surface area contributed by atoms with Gasteiger partial charge in [0, 0.05) is 21.8 Å². The van der Waals surface area contributed by atoms with Crippen molar-refractivity contribution >= 4 is 51.0 Å². The molecule has 0 unspecified atom stereocenters. The second-order valence-corrected chi connectivity index (χ2v) is 5.29. The molecule has 5 heteroatoms. The van der Waals surface area contributed by atoms with E-state index in [9.17, 15) is 5.11 Å². The van der Waals surface area contributed by atoms with Gasteiger partial charge in [-0.15, -0.1) is 0 Å². The van der Waals surface area contributed by atoms with Crippen molar-refractivity contribution in [1.82, 2.24) is 0 Å². The standard InChI is InChI=1S/C13H8BrCl2NO/c14-12-6-10(16)5-8(13(12)18)7-17-11-3-1-9(15)2-4-11/h1-7,18H/b17-7+. The van der Waals surface area contributed by atoms with E-state index in [1.165, 1.54) is 0 Å². The van der Waals surface area contributed by atoms with Gasteiger partial charge in [0.05, 0.1) is 10.2 Å². The third-order valence-corrected chi connectivity index (χ3v) is 3.31. The van der Waals surface area contributed by atoms with Gasteiger partial charge in [0.1, 0.15) is 5.75 Å². The molecule has 0 saturated carbocycles. The first-order chi connectivity index (χ1) is 8.56. The van der Waals surface area contributed by atoms with Crippen LogP contribution >= 0.6 is 39.1 Å². The van der Waals surface area contributed by atoms with Crippen LogP contribution in [0, 0.1) is 0 Å². The molecule has 2 rings (SSSR count). The van der Waals surface area contributed by atoms with Gasteiger partial charge < -0.3 is 5.11 Å². The van der Waals surface area contributed by atoms with Gasteiger partial charge in [-0.05, 0) is 52.3 Å². The van der Waals surface area contributed by atoms with Crippen molar-refractivity contribution in [3.8, 4) is 5.75 Å². The Bertz CT molecular complexity index is 597. The summed E-state index contributed by atoms with van der Waals surface area (Å²) in [5.41, 5.74) is 1.29. The Morgan fingerprint density at radius 3 is 2.39 bits per heavy atom. The van der Waals surface area contributed by atoms with Gasteiger partial charge >= 0.3 is 0 Å². The minimum atomic E-state index is 0.108. The van der Waals surface area contributed by atoms with Crippen LogP contribution in [0.2, 0.25) is 10.0 Å². The molecule has 0 aromatic heterocycles. The summed E-state index contributed by atoms with van der Waals surface area (Å²) in [5.74, 6) is 0.108. The van der Waals surface area contributed by atoms with E-state index >= 15 is 0 Å². The Morgan fingerprint density at radius 1 is 1.06 bits per heavy atom. The smallest absolute Gasteiger partial charge is 0.138 e. The van der Waals surface area contributed by atoms with Gasteiger partial charge in [-0.2, -0.15) is 0 Å². The third kappa shape index (κ3) is 3.25. The monoisotopic (exact) mass is 343 g/mol. The first-order valence-corrected chi connectivity index (χ1v) is 6.59. The maximum Gasteiger partial charge on any atom is 0.138 e. The molecule has 0 saturated heterocycles. The quantitative estimate of drug-likeness (QED) is 0.745. The van der Waals surface area contributed by atoms with E-state index in [0.29, 0.717) is 20.1 Å². The number of halogens is 3. The molecule has 0 aliphatic heterocycles. The lowest BCUT2D eigenvalue weighted by atomic mass is 10.2. The Hall–Kier alpha value is -1.03. The molecule has 0 atom stereocenters. The second-order valence-electron chi connectivity index (χ2n) is 3.56. The molecule has 2 aromatic carbocycles. The first-order valence-electron chi connectivity index (χ1n) is 5.04. The van der Waals surface area contributed by atoms with Crippen LogP contribution in [0.25, 0.3) is 0 Å².